The van der Waals surface area contributed by atoms with Crippen LogP contribution in [0.5, 0.6) is 0 Å². The average molecular weight is 489 g/mol. The van der Waals surface area contributed by atoms with Crippen LogP contribution in [0.3, 0.4) is 0 Å². The van der Waals surface area contributed by atoms with Crippen LogP contribution in [0, 0.1) is 0 Å². The molecular formula is C30H32O6. The lowest BCUT2D eigenvalue weighted by Gasteiger charge is -2.59. The molecule has 0 amide bonds. The monoisotopic (exact) mass is 488 g/mol. The molecule has 5 atom stereocenters. The molecule has 1 fully saturated rings. The Bertz CT molecular complexity index is 1250. The van der Waals surface area contributed by atoms with Crippen molar-refractivity contribution in [2.75, 3.05) is 0 Å². The third-order valence-corrected chi connectivity index (χ3v) is 7.20. The van der Waals surface area contributed by atoms with Crippen LogP contribution in [-0.4, -0.2) is 49.4 Å². The molecule has 0 saturated carbocycles. The van der Waals surface area contributed by atoms with Crippen molar-refractivity contribution in [1.82, 2.24) is 0 Å². The number of hydrogen-bond donors (Lipinski definition) is 5. The predicted molar refractivity (Wildman–Crippen MR) is 139 cm³/mol. The van der Waals surface area contributed by atoms with Crippen LogP contribution in [0.25, 0.3) is 11.1 Å². The molecule has 5 N–H and O–H groups in total. The Kier molecular flexibility index (Phi) is 7.07. The summed E-state index contributed by atoms with van der Waals surface area (Å²) in [4.78, 5) is 0. The summed E-state index contributed by atoms with van der Waals surface area (Å²) in [7, 11) is 0. The lowest BCUT2D eigenvalue weighted by molar-refractivity contribution is -0.303. The van der Waals surface area contributed by atoms with Gasteiger partial charge in [0.15, 0.2) is 11.2 Å². The second-order valence-corrected chi connectivity index (χ2v) is 9.34. The summed E-state index contributed by atoms with van der Waals surface area (Å²) in [5.41, 5.74) is -0.635. The van der Waals surface area contributed by atoms with Crippen LogP contribution < -0.4 is 0 Å². The van der Waals surface area contributed by atoms with E-state index in [1.165, 1.54) is 0 Å². The molecule has 0 aliphatic carbocycles. The first-order valence-electron chi connectivity index (χ1n) is 11.9. The van der Waals surface area contributed by atoms with Gasteiger partial charge in [-0.05, 0) is 48.6 Å². The average Bonchev–Trinajstić information content (AvgIpc) is 2.94. The number of rotatable bonds is 7. The fourth-order valence-corrected chi connectivity index (χ4v) is 4.80. The van der Waals surface area contributed by atoms with Crippen LogP contribution in [0.4, 0.5) is 0 Å². The number of aliphatic hydroxyl groups is 5. The van der Waals surface area contributed by atoms with E-state index >= 15 is 0 Å². The van der Waals surface area contributed by atoms with Gasteiger partial charge in [0.2, 0.25) is 0 Å². The van der Waals surface area contributed by atoms with Gasteiger partial charge >= 0.3 is 0 Å². The van der Waals surface area contributed by atoms with Gasteiger partial charge in [0.25, 0.3) is 0 Å². The van der Waals surface area contributed by atoms with Gasteiger partial charge in [-0.15, -0.1) is 0 Å². The number of allylic oxidation sites excluding steroid dienone is 2. The topological polar surface area (TPSA) is 110 Å². The normalized spacial score (nSPS) is 26.1. The lowest BCUT2D eigenvalue weighted by Crippen LogP contribution is -2.72. The molecule has 6 nitrogen and oxygen atoms in total. The zero-order valence-electron chi connectivity index (χ0n) is 20.5. The van der Waals surface area contributed by atoms with Gasteiger partial charge in [0.05, 0.1) is 0 Å². The minimum atomic E-state index is -2.12. The summed E-state index contributed by atoms with van der Waals surface area (Å²) in [5.74, 6) is -0.412. The van der Waals surface area contributed by atoms with Gasteiger partial charge in [-0.2, -0.15) is 0 Å². The Hall–Kier alpha value is -3.42. The standard InChI is InChI=1S/C30H32O6/c1-19(21-13-7-4-8-14-21)24(31)25(32)26(33)27(34)30(35)28(20(2)22-15-9-5-10-16-22)36-29(30,3)23-17-11-6-12-18-23/h4-18,25-27,31-35H,1-3H3/t25-,26-,27+,29?,30-/m1/s1. The third kappa shape index (κ3) is 4.12. The molecule has 0 bridgehead atoms. The van der Waals surface area contributed by atoms with Crippen molar-refractivity contribution < 1.29 is 30.3 Å². The quantitative estimate of drug-likeness (QED) is 0.320. The smallest absolute Gasteiger partial charge is 0.194 e. The summed E-state index contributed by atoms with van der Waals surface area (Å²) in [6.07, 6.45) is -5.70. The molecule has 3 aromatic rings. The predicted octanol–water partition coefficient (Wildman–Crippen LogP) is 4.17. The first-order valence-corrected chi connectivity index (χ1v) is 11.9. The summed E-state index contributed by atoms with van der Waals surface area (Å²) >= 11 is 0. The van der Waals surface area contributed by atoms with Crippen molar-refractivity contribution >= 4 is 11.1 Å². The first kappa shape index (κ1) is 25.7. The first-order chi connectivity index (χ1) is 17.1. The number of benzene rings is 3. The van der Waals surface area contributed by atoms with E-state index in [-0.39, 0.29) is 5.76 Å². The third-order valence-electron chi connectivity index (χ3n) is 7.20. The summed E-state index contributed by atoms with van der Waals surface area (Å²) in [6, 6.07) is 27.0. The summed E-state index contributed by atoms with van der Waals surface area (Å²) in [5, 5.41) is 56.2. The maximum absolute atomic E-state index is 12.1. The van der Waals surface area contributed by atoms with Crippen molar-refractivity contribution in [3.8, 4) is 0 Å². The van der Waals surface area contributed by atoms with Gasteiger partial charge in [-0.25, -0.2) is 0 Å². The maximum atomic E-state index is 12.1. The Morgan fingerprint density at radius 2 is 1.22 bits per heavy atom. The molecule has 1 aliphatic rings. The Labute approximate surface area is 211 Å². The highest BCUT2D eigenvalue weighted by molar-refractivity contribution is 5.70. The molecule has 3 aromatic carbocycles. The highest BCUT2D eigenvalue weighted by Gasteiger charge is 2.69. The molecule has 0 aromatic heterocycles. The fraction of sp³-hybridized carbons (Fsp3) is 0.267. The fourth-order valence-electron chi connectivity index (χ4n) is 4.80. The molecule has 6 heteroatoms. The molecule has 1 aliphatic heterocycles. The van der Waals surface area contributed by atoms with Crippen LogP contribution in [0.2, 0.25) is 0 Å². The molecule has 36 heavy (non-hydrogen) atoms. The largest absolute Gasteiger partial charge is 0.509 e. The lowest BCUT2D eigenvalue weighted by atomic mass is 9.66. The van der Waals surface area contributed by atoms with Crippen LogP contribution in [0.1, 0.15) is 37.5 Å². The van der Waals surface area contributed by atoms with Crippen LogP contribution >= 0.6 is 0 Å². The molecule has 1 heterocycles. The second-order valence-electron chi connectivity index (χ2n) is 9.34. The van der Waals surface area contributed by atoms with Gasteiger partial charge in [-0.1, -0.05) is 91.0 Å². The Morgan fingerprint density at radius 3 is 1.75 bits per heavy atom. The van der Waals surface area contributed by atoms with E-state index in [0.29, 0.717) is 22.3 Å². The van der Waals surface area contributed by atoms with Crippen molar-refractivity contribution in [3.63, 3.8) is 0 Å². The highest BCUT2D eigenvalue weighted by Crippen LogP contribution is 2.57. The van der Waals surface area contributed by atoms with Gasteiger partial charge in [0, 0.05) is 0 Å². The van der Waals surface area contributed by atoms with E-state index in [1.54, 1.807) is 69.3 Å². The summed E-state index contributed by atoms with van der Waals surface area (Å²) in [6.45, 7) is 4.98. The molecule has 1 unspecified atom stereocenters. The second kappa shape index (κ2) is 9.91. The SMILES string of the molecule is CC(=C(O)[C@@H](O)[C@@H](O)[C@H](O)[C@@]1(O)C(=C(C)c2ccccc2)OC1(C)c1ccccc1)c1ccccc1. The minimum absolute atomic E-state index is 0.0852. The molecule has 1 saturated heterocycles. The van der Waals surface area contributed by atoms with E-state index in [9.17, 15) is 25.5 Å². The van der Waals surface area contributed by atoms with Crippen LogP contribution in [-0.2, 0) is 10.3 Å². The Morgan fingerprint density at radius 1 is 0.750 bits per heavy atom. The van der Waals surface area contributed by atoms with Gasteiger partial charge in [-0.3, -0.25) is 0 Å². The van der Waals surface area contributed by atoms with E-state index in [4.69, 9.17) is 4.74 Å². The zero-order valence-corrected chi connectivity index (χ0v) is 20.5. The van der Waals surface area contributed by atoms with Crippen molar-refractivity contribution in [2.24, 2.45) is 0 Å². The zero-order chi connectivity index (χ0) is 26.1. The maximum Gasteiger partial charge on any atom is 0.194 e. The minimum Gasteiger partial charge on any atom is -0.509 e. The molecule has 4 rings (SSSR count). The molecule has 188 valence electrons. The highest BCUT2D eigenvalue weighted by atomic mass is 16.6. The number of aliphatic hydroxyl groups excluding tert-OH is 4. The van der Waals surface area contributed by atoms with E-state index < -0.39 is 35.3 Å². The summed E-state index contributed by atoms with van der Waals surface area (Å²) < 4.78 is 6.18. The Balaban J connectivity index is 1.77. The van der Waals surface area contributed by atoms with Crippen molar-refractivity contribution in [1.29, 1.82) is 0 Å². The van der Waals surface area contributed by atoms with Crippen molar-refractivity contribution in [2.45, 2.75) is 50.3 Å². The molecule has 0 spiro atoms. The van der Waals surface area contributed by atoms with E-state index in [0.717, 1.165) is 5.56 Å². The van der Waals surface area contributed by atoms with E-state index in [1.807, 2.05) is 42.5 Å². The van der Waals surface area contributed by atoms with Crippen LogP contribution in [0.15, 0.2) is 103 Å². The number of ether oxygens (including phenoxy) is 1. The van der Waals surface area contributed by atoms with Crippen molar-refractivity contribution in [3.05, 3.63) is 119 Å². The van der Waals surface area contributed by atoms with E-state index in [2.05, 4.69) is 0 Å². The molecule has 0 radical (unpaired) electrons. The van der Waals surface area contributed by atoms with Gasteiger partial charge < -0.3 is 30.3 Å². The number of hydrogen-bond acceptors (Lipinski definition) is 6. The molecular weight excluding hydrogens is 456 g/mol. The van der Waals surface area contributed by atoms with Gasteiger partial charge in [0.1, 0.15) is 29.8 Å².